The Labute approximate surface area is 278 Å². The zero-order valence-corrected chi connectivity index (χ0v) is 27.4. The lowest BCUT2D eigenvalue weighted by Crippen LogP contribution is -2.59. The summed E-state index contributed by atoms with van der Waals surface area (Å²) >= 11 is 3.30. The van der Waals surface area contributed by atoms with E-state index in [4.69, 9.17) is 0 Å². The molecule has 6 nitrogen and oxygen atoms in total. The fourth-order valence-corrected chi connectivity index (χ4v) is 7.16. The molecule has 254 valence electrons. The Morgan fingerprint density at radius 3 is 2.02 bits per heavy atom. The number of nitrogens with zero attached hydrogens (tertiary/aromatic N) is 4. The monoisotopic (exact) mass is 726 g/mol. The molecule has 2 heterocycles. The number of hydrogen-bond acceptors (Lipinski definition) is 5. The fraction of sp³-hybridized carbons (Fsp3) is 0.500. The number of alkyl halides is 6. The molecular weight excluding hydrogens is 690 g/mol. The Balaban J connectivity index is 1.54. The number of likely N-dealkylation sites (tertiary alicyclic amines) is 1. The van der Waals surface area contributed by atoms with Crippen molar-refractivity contribution in [1.29, 1.82) is 0 Å². The molecule has 1 amide bonds. The number of halogens is 7. The normalized spacial score (nSPS) is 23.9. The molecule has 2 aliphatic rings. The molecule has 13 heteroatoms. The number of anilines is 1. The van der Waals surface area contributed by atoms with Crippen molar-refractivity contribution in [1.82, 2.24) is 14.9 Å². The third-order valence-electron chi connectivity index (χ3n) is 9.27. The second-order valence-corrected chi connectivity index (χ2v) is 13.4. The van der Waals surface area contributed by atoms with E-state index in [1.54, 1.807) is 4.90 Å². The molecular formula is C34H37BrF6N4O2. The smallest absolute Gasteiger partial charge is 0.393 e. The molecule has 1 aromatic heterocycles. The number of aliphatic hydroxyl groups excluding tert-OH is 1. The fourth-order valence-electron chi connectivity index (χ4n) is 6.95. The lowest BCUT2D eigenvalue weighted by atomic mass is 9.81. The van der Waals surface area contributed by atoms with Gasteiger partial charge in [-0.2, -0.15) is 26.3 Å². The zero-order chi connectivity index (χ0) is 33.9. The van der Waals surface area contributed by atoms with Gasteiger partial charge in [-0.1, -0.05) is 37.3 Å². The molecule has 1 saturated heterocycles. The highest BCUT2D eigenvalue weighted by molar-refractivity contribution is 9.10. The van der Waals surface area contributed by atoms with Gasteiger partial charge in [0, 0.05) is 43.0 Å². The molecule has 2 aromatic carbocycles. The van der Waals surface area contributed by atoms with Gasteiger partial charge in [0.15, 0.2) is 0 Å². The topological polar surface area (TPSA) is 69.6 Å². The second-order valence-electron chi connectivity index (χ2n) is 12.5. The van der Waals surface area contributed by atoms with Crippen LogP contribution in [0, 0.1) is 5.92 Å². The van der Waals surface area contributed by atoms with Crippen LogP contribution in [0.25, 0.3) is 0 Å². The summed E-state index contributed by atoms with van der Waals surface area (Å²) in [6.07, 6.45) is -3.19. The van der Waals surface area contributed by atoms with Crippen LogP contribution in [-0.2, 0) is 30.1 Å². The van der Waals surface area contributed by atoms with Gasteiger partial charge in [0.05, 0.1) is 21.7 Å². The summed E-state index contributed by atoms with van der Waals surface area (Å²) in [6.45, 7) is 1.67. The first kappa shape index (κ1) is 35.1. The van der Waals surface area contributed by atoms with Crippen LogP contribution < -0.4 is 4.90 Å². The Hall–Kier alpha value is -3.19. The number of aliphatic hydroxyl groups is 1. The van der Waals surface area contributed by atoms with Gasteiger partial charge in [0.2, 0.25) is 11.9 Å². The lowest BCUT2D eigenvalue weighted by Gasteiger charge is -2.49. The quantitative estimate of drug-likeness (QED) is 0.237. The zero-order valence-electron chi connectivity index (χ0n) is 25.8. The van der Waals surface area contributed by atoms with Gasteiger partial charge in [-0.05, 0) is 96.6 Å². The minimum atomic E-state index is -4.98. The molecule has 0 unspecified atom stereocenters. The molecule has 0 spiro atoms. The van der Waals surface area contributed by atoms with Crippen LogP contribution in [-0.4, -0.2) is 50.1 Å². The van der Waals surface area contributed by atoms with Gasteiger partial charge in [-0.15, -0.1) is 0 Å². The maximum atomic E-state index is 14.2. The molecule has 1 aliphatic heterocycles. The van der Waals surface area contributed by atoms with E-state index >= 15 is 0 Å². The maximum absolute atomic E-state index is 14.2. The lowest BCUT2D eigenvalue weighted by molar-refractivity contribution is -0.145. The van der Waals surface area contributed by atoms with Crippen molar-refractivity contribution < 1.29 is 36.2 Å². The standard InChI is InChI=1S/C34H37BrF6N4O2/c1-2-27-16-28(17-29(14-21-6-4-3-5-7-21)45(27)31(47)23-8-10-30(46)11-9-23)44(32-42-18-26(35)19-43-32)20-22-12-24(33(36,37)38)15-25(13-22)34(39,40)41/h3-7,12-13,15,18-19,23,27-30,46H,2,8-11,14,16-17,20H2,1H3/t23?,27-,28+,29+,30?/m1/s1. The predicted octanol–water partition coefficient (Wildman–Crippen LogP) is 8.22. The Kier molecular flexibility index (Phi) is 10.8. The predicted molar refractivity (Wildman–Crippen MR) is 168 cm³/mol. The van der Waals surface area contributed by atoms with Crippen LogP contribution >= 0.6 is 15.9 Å². The van der Waals surface area contributed by atoms with Crippen molar-refractivity contribution in [2.75, 3.05) is 4.90 Å². The first-order chi connectivity index (χ1) is 22.2. The molecule has 1 aliphatic carbocycles. The number of carbonyl (C=O) groups excluding carboxylic acids is 1. The number of amides is 1. The molecule has 3 aromatic rings. The first-order valence-electron chi connectivity index (χ1n) is 15.8. The molecule has 47 heavy (non-hydrogen) atoms. The Bertz CT molecular complexity index is 1460. The van der Waals surface area contributed by atoms with E-state index in [0.29, 0.717) is 55.8 Å². The van der Waals surface area contributed by atoms with Gasteiger partial charge in [0.25, 0.3) is 0 Å². The van der Waals surface area contributed by atoms with E-state index in [1.807, 2.05) is 42.2 Å². The number of piperidine rings is 1. The van der Waals surface area contributed by atoms with Gasteiger partial charge in [-0.3, -0.25) is 4.79 Å². The van der Waals surface area contributed by atoms with E-state index in [-0.39, 0.29) is 48.0 Å². The summed E-state index contributed by atoms with van der Waals surface area (Å²) < 4.78 is 83.3. The van der Waals surface area contributed by atoms with Crippen LogP contribution in [0.1, 0.15) is 74.1 Å². The van der Waals surface area contributed by atoms with E-state index < -0.39 is 35.6 Å². The Morgan fingerprint density at radius 1 is 0.894 bits per heavy atom. The third kappa shape index (κ3) is 8.65. The highest BCUT2D eigenvalue weighted by atomic mass is 79.9. The highest BCUT2D eigenvalue weighted by Crippen LogP contribution is 2.39. The first-order valence-corrected chi connectivity index (χ1v) is 16.6. The summed E-state index contributed by atoms with van der Waals surface area (Å²) in [5, 5.41) is 10.1. The minimum absolute atomic E-state index is 0.0299. The minimum Gasteiger partial charge on any atom is -0.393 e. The van der Waals surface area contributed by atoms with E-state index in [9.17, 15) is 36.2 Å². The number of rotatable bonds is 8. The number of carbonyl (C=O) groups is 1. The van der Waals surface area contributed by atoms with Crippen LogP contribution in [0.2, 0.25) is 0 Å². The average molecular weight is 728 g/mol. The number of aromatic nitrogens is 2. The molecule has 1 N–H and O–H groups in total. The molecule has 0 radical (unpaired) electrons. The van der Waals surface area contributed by atoms with Crippen molar-refractivity contribution in [3.63, 3.8) is 0 Å². The van der Waals surface area contributed by atoms with Gasteiger partial charge in [-0.25, -0.2) is 9.97 Å². The average Bonchev–Trinajstić information content (AvgIpc) is 3.03. The summed E-state index contributed by atoms with van der Waals surface area (Å²) in [5.74, 6) is -0.0279. The molecule has 2 fully saturated rings. The van der Waals surface area contributed by atoms with Gasteiger partial charge < -0.3 is 14.9 Å². The molecule has 3 atom stereocenters. The van der Waals surface area contributed by atoms with Crippen molar-refractivity contribution in [3.05, 3.63) is 87.7 Å². The highest BCUT2D eigenvalue weighted by Gasteiger charge is 2.43. The van der Waals surface area contributed by atoms with Gasteiger partial charge in [0.1, 0.15) is 0 Å². The van der Waals surface area contributed by atoms with Crippen LogP contribution in [0.3, 0.4) is 0 Å². The molecule has 0 bridgehead atoms. The molecule has 1 saturated carbocycles. The number of benzene rings is 2. The van der Waals surface area contributed by atoms with E-state index in [2.05, 4.69) is 25.9 Å². The summed E-state index contributed by atoms with van der Waals surface area (Å²) in [6, 6.07) is 10.3. The third-order valence-corrected chi connectivity index (χ3v) is 9.68. The van der Waals surface area contributed by atoms with Crippen molar-refractivity contribution in [2.45, 2.75) is 101 Å². The molecule has 5 rings (SSSR count). The van der Waals surface area contributed by atoms with Crippen molar-refractivity contribution in [2.24, 2.45) is 5.92 Å². The van der Waals surface area contributed by atoms with E-state index in [0.717, 1.165) is 17.7 Å². The SMILES string of the molecule is CC[C@@H]1C[C@H](N(Cc2cc(C(F)(F)F)cc(C(F)(F)F)c2)c2ncc(Br)cn2)C[C@H](Cc2ccccc2)N1C(=O)C1CCC(O)CC1. The van der Waals surface area contributed by atoms with E-state index in [1.165, 1.54) is 12.4 Å². The largest absolute Gasteiger partial charge is 0.416 e. The summed E-state index contributed by atoms with van der Waals surface area (Å²) in [4.78, 5) is 26.6. The van der Waals surface area contributed by atoms with Crippen LogP contribution in [0.5, 0.6) is 0 Å². The van der Waals surface area contributed by atoms with Crippen LogP contribution in [0.4, 0.5) is 32.3 Å². The summed E-state index contributed by atoms with van der Waals surface area (Å²) in [7, 11) is 0. The maximum Gasteiger partial charge on any atom is 0.416 e. The Morgan fingerprint density at radius 2 is 1.47 bits per heavy atom. The van der Waals surface area contributed by atoms with Crippen molar-refractivity contribution >= 4 is 27.8 Å². The van der Waals surface area contributed by atoms with Gasteiger partial charge >= 0.3 is 12.4 Å². The van der Waals surface area contributed by atoms with Crippen molar-refractivity contribution in [3.8, 4) is 0 Å². The number of hydrogen-bond donors (Lipinski definition) is 1. The van der Waals surface area contributed by atoms with Crippen LogP contribution in [0.15, 0.2) is 65.4 Å². The second kappa shape index (κ2) is 14.5. The summed E-state index contributed by atoms with van der Waals surface area (Å²) in [5.41, 5.74) is -1.94.